The fourth-order valence-electron chi connectivity index (χ4n) is 2.32. The van der Waals surface area contributed by atoms with Crippen LogP contribution >= 0.6 is 34.8 Å². The van der Waals surface area contributed by atoms with Gasteiger partial charge in [-0.25, -0.2) is 8.42 Å². The average Bonchev–Trinajstić information content (AvgIpc) is 2.63. The van der Waals surface area contributed by atoms with E-state index in [2.05, 4.69) is 9.71 Å². The van der Waals surface area contributed by atoms with Crippen LogP contribution in [-0.2, 0) is 16.2 Å². The first-order valence-electron chi connectivity index (χ1n) is 7.93. The molecule has 2 aromatic carbocycles. The van der Waals surface area contributed by atoms with Gasteiger partial charge in [-0.1, -0.05) is 34.8 Å². The lowest BCUT2D eigenvalue weighted by molar-refractivity contribution is -0.137. The van der Waals surface area contributed by atoms with Gasteiger partial charge in [0, 0.05) is 18.3 Å². The zero-order valence-corrected chi connectivity index (χ0v) is 17.6. The van der Waals surface area contributed by atoms with Crippen LogP contribution in [0.25, 0.3) is 0 Å². The van der Waals surface area contributed by atoms with Gasteiger partial charge < -0.3 is 4.74 Å². The molecule has 5 nitrogen and oxygen atoms in total. The Morgan fingerprint density at radius 3 is 2.23 bits per heavy atom. The number of hydrogen-bond donors (Lipinski definition) is 1. The van der Waals surface area contributed by atoms with Gasteiger partial charge in [0.05, 0.1) is 32.5 Å². The second-order valence-electron chi connectivity index (χ2n) is 5.83. The number of rotatable bonds is 5. The Morgan fingerprint density at radius 1 is 0.900 bits per heavy atom. The second-order valence-corrected chi connectivity index (χ2v) is 8.73. The normalized spacial score (nSPS) is 11.9. The molecular weight excluding hydrogens is 488 g/mol. The Kier molecular flexibility index (Phi) is 6.37. The lowest BCUT2D eigenvalue weighted by Gasteiger charge is -2.14. The molecule has 1 N–H and O–H groups in total. The van der Waals surface area contributed by atoms with Crippen molar-refractivity contribution < 1.29 is 26.3 Å². The summed E-state index contributed by atoms with van der Waals surface area (Å²) in [5, 5.41) is -0.243. The van der Waals surface area contributed by atoms with E-state index in [0.29, 0.717) is 22.9 Å². The summed E-state index contributed by atoms with van der Waals surface area (Å²) in [5.74, 6) is 0.614. The molecule has 0 aliphatic rings. The minimum atomic E-state index is -4.66. The Hall–Kier alpha value is -2.20. The Balaban J connectivity index is 1.83. The third-order valence-corrected chi connectivity index (χ3v) is 6.02. The van der Waals surface area contributed by atoms with Gasteiger partial charge in [-0.05, 0) is 30.3 Å². The van der Waals surface area contributed by atoms with Gasteiger partial charge in [-0.15, -0.1) is 0 Å². The van der Waals surface area contributed by atoms with Crippen LogP contribution in [0.15, 0.2) is 59.8 Å². The van der Waals surface area contributed by atoms with E-state index < -0.39 is 31.7 Å². The molecule has 0 radical (unpaired) electrons. The maximum atomic E-state index is 12.7. The molecule has 3 rings (SSSR count). The molecule has 0 amide bonds. The number of alkyl halides is 3. The third kappa shape index (κ3) is 5.28. The van der Waals surface area contributed by atoms with Crippen LogP contribution in [0.1, 0.15) is 5.56 Å². The first-order chi connectivity index (χ1) is 14.0. The van der Waals surface area contributed by atoms with Crippen molar-refractivity contribution in [3.05, 3.63) is 75.5 Å². The number of aromatic nitrogens is 1. The highest BCUT2D eigenvalue weighted by atomic mass is 35.5. The van der Waals surface area contributed by atoms with Gasteiger partial charge >= 0.3 is 6.18 Å². The van der Waals surface area contributed by atoms with Gasteiger partial charge in [-0.3, -0.25) is 9.71 Å². The van der Waals surface area contributed by atoms with Gasteiger partial charge in [0.1, 0.15) is 16.4 Å². The van der Waals surface area contributed by atoms with Crippen LogP contribution in [0.4, 0.5) is 18.9 Å². The van der Waals surface area contributed by atoms with Crippen molar-refractivity contribution >= 4 is 50.5 Å². The molecule has 0 atom stereocenters. The molecule has 0 spiro atoms. The lowest BCUT2D eigenvalue weighted by Crippen LogP contribution is -2.14. The van der Waals surface area contributed by atoms with E-state index in [9.17, 15) is 21.6 Å². The number of hydrogen-bond acceptors (Lipinski definition) is 4. The van der Waals surface area contributed by atoms with Crippen LogP contribution in [0.3, 0.4) is 0 Å². The van der Waals surface area contributed by atoms with Crippen LogP contribution in [0, 0.1) is 0 Å². The van der Waals surface area contributed by atoms with E-state index in [1.54, 1.807) is 0 Å². The molecule has 0 aliphatic heterocycles. The molecule has 0 saturated heterocycles. The van der Waals surface area contributed by atoms with Crippen molar-refractivity contribution in [1.29, 1.82) is 0 Å². The molecule has 0 aliphatic carbocycles. The van der Waals surface area contributed by atoms with Crippen molar-refractivity contribution in [2.24, 2.45) is 0 Å². The fourth-order valence-corrected chi connectivity index (χ4v) is 4.38. The summed E-state index contributed by atoms with van der Waals surface area (Å²) in [5.41, 5.74) is -1.09. The Bertz CT molecular complexity index is 1200. The first kappa shape index (κ1) is 22.5. The predicted molar refractivity (Wildman–Crippen MR) is 108 cm³/mol. The minimum Gasteiger partial charge on any atom is -0.456 e. The number of pyridine rings is 1. The minimum absolute atomic E-state index is 0.0194. The number of nitrogens with one attached hydrogen (secondary N) is 1. The predicted octanol–water partition coefficient (Wildman–Crippen LogP) is 6.65. The topological polar surface area (TPSA) is 68.3 Å². The monoisotopic (exact) mass is 496 g/mol. The molecule has 30 heavy (non-hydrogen) atoms. The summed E-state index contributed by atoms with van der Waals surface area (Å²) >= 11 is 17.7. The molecule has 1 aromatic heterocycles. The largest absolute Gasteiger partial charge is 0.456 e. The number of benzene rings is 2. The van der Waals surface area contributed by atoms with Crippen molar-refractivity contribution in [3.63, 3.8) is 0 Å². The standard InChI is InChI=1S/C18H10Cl3F3N2O3S/c19-11-6-13(9-25-8-11)29-12-2-3-16(14(20)7-12)26-30(27,28)17-4-1-10(5-15(17)21)18(22,23)24/h1-9,26H. The molecule has 158 valence electrons. The van der Waals surface area contributed by atoms with Crippen molar-refractivity contribution in [3.8, 4) is 11.5 Å². The summed E-state index contributed by atoms with van der Waals surface area (Å²) in [4.78, 5) is 3.34. The molecule has 0 fully saturated rings. The van der Waals surface area contributed by atoms with Gasteiger partial charge in [0.15, 0.2) is 0 Å². The van der Waals surface area contributed by atoms with Crippen LogP contribution in [-0.4, -0.2) is 13.4 Å². The number of sulfonamides is 1. The van der Waals surface area contributed by atoms with E-state index in [1.165, 1.54) is 36.7 Å². The summed E-state index contributed by atoms with van der Waals surface area (Å²) < 4.78 is 71.1. The van der Waals surface area contributed by atoms with E-state index in [0.717, 1.165) is 6.07 Å². The highest BCUT2D eigenvalue weighted by molar-refractivity contribution is 7.92. The zero-order valence-electron chi connectivity index (χ0n) is 14.5. The van der Waals surface area contributed by atoms with Gasteiger partial charge in [-0.2, -0.15) is 13.2 Å². The van der Waals surface area contributed by atoms with Crippen LogP contribution < -0.4 is 9.46 Å². The van der Waals surface area contributed by atoms with Crippen molar-refractivity contribution in [1.82, 2.24) is 4.98 Å². The van der Waals surface area contributed by atoms with Crippen LogP contribution in [0.5, 0.6) is 11.5 Å². The van der Waals surface area contributed by atoms with Crippen molar-refractivity contribution in [2.75, 3.05) is 4.72 Å². The third-order valence-electron chi connectivity index (χ3n) is 3.65. The quantitative estimate of drug-likeness (QED) is 0.428. The maximum absolute atomic E-state index is 12.7. The molecule has 0 bridgehead atoms. The Morgan fingerprint density at radius 2 is 1.63 bits per heavy atom. The molecule has 0 unspecified atom stereocenters. The molecule has 3 aromatic rings. The van der Waals surface area contributed by atoms with Crippen LogP contribution in [0.2, 0.25) is 15.1 Å². The summed E-state index contributed by atoms with van der Waals surface area (Å²) in [6, 6.07) is 7.54. The van der Waals surface area contributed by atoms with Gasteiger partial charge in [0.2, 0.25) is 0 Å². The zero-order chi connectivity index (χ0) is 22.1. The SMILES string of the molecule is O=S(=O)(Nc1ccc(Oc2cncc(Cl)c2)cc1Cl)c1ccc(C(F)(F)F)cc1Cl. The maximum Gasteiger partial charge on any atom is 0.416 e. The second kappa shape index (κ2) is 8.50. The van der Waals surface area contributed by atoms with E-state index >= 15 is 0 Å². The number of anilines is 1. The van der Waals surface area contributed by atoms with E-state index in [1.807, 2.05) is 0 Å². The molecule has 1 heterocycles. The lowest BCUT2D eigenvalue weighted by atomic mass is 10.2. The molecule has 0 saturated carbocycles. The highest BCUT2D eigenvalue weighted by Gasteiger charge is 2.32. The summed E-state index contributed by atoms with van der Waals surface area (Å²) in [7, 11) is -4.31. The highest BCUT2D eigenvalue weighted by Crippen LogP contribution is 2.35. The molecular formula is C18H10Cl3F3N2O3S. The Labute approximate surface area is 184 Å². The number of nitrogens with zero attached hydrogens (tertiary/aromatic N) is 1. The van der Waals surface area contributed by atoms with Crippen molar-refractivity contribution in [2.45, 2.75) is 11.1 Å². The fraction of sp³-hybridized carbons (Fsp3) is 0.0556. The number of ether oxygens (including phenoxy) is 1. The van der Waals surface area contributed by atoms with E-state index in [4.69, 9.17) is 39.5 Å². The van der Waals surface area contributed by atoms with E-state index in [-0.39, 0.29) is 16.5 Å². The summed E-state index contributed by atoms with van der Waals surface area (Å²) in [6.45, 7) is 0. The average molecular weight is 498 g/mol. The first-order valence-corrected chi connectivity index (χ1v) is 10.5. The molecule has 12 heteroatoms. The van der Waals surface area contributed by atoms with Gasteiger partial charge in [0.25, 0.3) is 10.0 Å². The number of halogens is 6. The smallest absolute Gasteiger partial charge is 0.416 e. The summed E-state index contributed by atoms with van der Waals surface area (Å²) in [6.07, 6.45) is -1.81.